The molecule has 3 N–H and O–H groups in total. The first-order valence-corrected chi connectivity index (χ1v) is 7.81. The summed E-state index contributed by atoms with van der Waals surface area (Å²) in [7, 11) is 0. The van der Waals surface area contributed by atoms with Crippen LogP contribution >= 0.6 is 0 Å². The van der Waals surface area contributed by atoms with Crippen LogP contribution < -0.4 is 5.32 Å². The van der Waals surface area contributed by atoms with Crippen LogP contribution in [-0.4, -0.2) is 46.9 Å². The second-order valence-electron chi connectivity index (χ2n) is 5.89. The first-order valence-electron chi connectivity index (χ1n) is 7.81. The summed E-state index contributed by atoms with van der Waals surface area (Å²) in [5.74, 6) is -1.14. The Hall–Kier alpha value is -1.54. The fourth-order valence-corrected chi connectivity index (χ4v) is 2.75. The molecule has 2 rings (SSSR count). The lowest BCUT2D eigenvalue weighted by Gasteiger charge is -2.21. The highest BCUT2D eigenvalue weighted by Crippen LogP contribution is 2.32. The molecule has 0 aromatic carbocycles. The van der Waals surface area contributed by atoms with Gasteiger partial charge in [-0.05, 0) is 31.8 Å². The Bertz CT molecular complexity index is 482. The summed E-state index contributed by atoms with van der Waals surface area (Å²) in [6.45, 7) is 0.343. The van der Waals surface area contributed by atoms with Crippen LogP contribution in [0.15, 0.2) is 17.1 Å². The molecule has 2 aliphatic rings. The zero-order valence-corrected chi connectivity index (χ0v) is 12.8. The number of halogens is 2. The van der Waals surface area contributed by atoms with Crippen LogP contribution in [0.2, 0.25) is 0 Å². The number of rotatable bonds is 7. The molecule has 130 valence electrons. The van der Waals surface area contributed by atoms with Crippen molar-refractivity contribution in [3.63, 3.8) is 0 Å². The molecule has 0 aromatic heterocycles. The highest BCUT2D eigenvalue weighted by atomic mass is 19.1. The second-order valence-corrected chi connectivity index (χ2v) is 5.89. The summed E-state index contributed by atoms with van der Waals surface area (Å²) in [5, 5.41) is 23.9. The molecule has 0 saturated carbocycles. The highest BCUT2D eigenvalue weighted by molar-refractivity contribution is 5.89. The quantitative estimate of drug-likeness (QED) is 0.484. The molecule has 1 aliphatic heterocycles. The predicted octanol–water partition coefficient (Wildman–Crippen LogP) is 1.33. The second kappa shape index (κ2) is 8.35. The molecule has 3 unspecified atom stereocenters. The zero-order chi connectivity index (χ0) is 16.8. The molecular weight excluding hydrogens is 310 g/mol. The lowest BCUT2D eigenvalue weighted by atomic mass is 9.85. The molecule has 8 heteroatoms. The minimum atomic E-state index is -1.40. The maximum absolute atomic E-state index is 13.8. The Morgan fingerprint density at radius 1 is 1.52 bits per heavy atom. The van der Waals surface area contributed by atoms with E-state index in [1.165, 1.54) is 0 Å². The Labute approximate surface area is 133 Å². The van der Waals surface area contributed by atoms with Crippen molar-refractivity contribution in [3.05, 3.63) is 11.9 Å². The number of aliphatic hydroxyl groups is 2. The van der Waals surface area contributed by atoms with Crippen LogP contribution in [0.25, 0.3) is 0 Å². The van der Waals surface area contributed by atoms with Gasteiger partial charge in [0.25, 0.3) is 0 Å². The number of carbonyl (C=O) groups is 1. The van der Waals surface area contributed by atoms with Crippen molar-refractivity contribution in [1.82, 2.24) is 5.32 Å². The lowest BCUT2D eigenvalue weighted by molar-refractivity contribution is -0.123. The van der Waals surface area contributed by atoms with Gasteiger partial charge in [-0.1, -0.05) is 5.16 Å². The maximum atomic E-state index is 13.8. The van der Waals surface area contributed by atoms with E-state index in [-0.39, 0.29) is 25.2 Å². The van der Waals surface area contributed by atoms with E-state index in [9.17, 15) is 13.6 Å². The molecule has 0 saturated heterocycles. The number of carbonyl (C=O) groups excluding carboxylic acids is 1. The van der Waals surface area contributed by atoms with E-state index >= 15 is 0 Å². The normalized spacial score (nSPS) is 27.4. The molecule has 1 heterocycles. The first kappa shape index (κ1) is 17.8. The van der Waals surface area contributed by atoms with E-state index in [1.807, 2.05) is 0 Å². The highest BCUT2D eigenvalue weighted by Gasteiger charge is 2.34. The van der Waals surface area contributed by atoms with Gasteiger partial charge in [0.05, 0.1) is 18.0 Å². The van der Waals surface area contributed by atoms with E-state index in [2.05, 4.69) is 10.5 Å². The van der Waals surface area contributed by atoms with Crippen molar-refractivity contribution in [2.75, 3.05) is 6.54 Å². The van der Waals surface area contributed by atoms with Gasteiger partial charge in [0.2, 0.25) is 5.91 Å². The number of nitrogens with one attached hydrogen (secondary N) is 1. The molecule has 0 aromatic rings. The van der Waals surface area contributed by atoms with Crippen molar-refractivity contribution in [3.8, 4) is 0 Å². The van der Waals surface area contributed by atoms with E-state index in [1.54, 1.807) is 0 Å². The third-order valence-electron chi connectivity index (χ3n) is 3.98. The predicted molar refractivity (Wildman–Crippen MR) is 78.8 cm³/mol. The number of allylic oxidation sites excluding steroid dienone is 2. The van der Waals surface area contributed by atoms with E-state index in [0.29, 0.717) is 31.5 Å². The van der Waals surface area contributed by atoms with Crippen molar-refractivity contribution in [2.24, 2.45) is 11.1 Å². The average Bonchev–Trinajstić information content (AvgIpc) is 2.91. The Balaban J connectivity index is 1.69. The summed E-state index contributed by atoms with van der Waals surface area (Å²) < 4.78 is 26.8. The van der Waals surface area contributed by atoms with Crippen molar-refractivity contribution < 1.29 is 28.6 Å². The van der Waals surface area contributed by atoms with Gasteiger partial charge < -0.3 is 20.4 Å². The van der Waals surface area contributed by atoms with Crippen molar-refractivity contribution >= 4 is 11.6 Å². The van der Waals surface area contributed by atoms with Gasteiger partial charge in [-0.2, -0.15) is 0 Å². The molecule has 1 amide bonds. The van der Waals surface area contributed by atoms with Gasteiger partial charge in [0.1, 0.15) is 12.3 Å². The lowest BCUT2D eigenvalue weighted by Crippen LogP contribution is -2.30. The molecule has 0 spiro atoms. The third-order valence-corrected chi connectivity index (χ3v) is 3.98. The van der Waals surface area contributed by atoms with E-state index < -0.39 is 30.3 Å². The van der Waals surface area contributed by atoms with Crippen LogP contribution in [0, 0.1) is 5.92 Å². The van der Waals surface area contributed by atoms with Gasteiger partial charge in [0, 0.05) is 18.9 Å². The van der Waals surface area contributed by atoms with Gasteiger partial charge >= 0.3 is 0 Å². The molecule has 0 fully saturated rings. The number of aliphatic hydroxyl groups excluding tert-OH is 1. The van der Waals surface area contributed by atoms with Crippen LogP contribution in [0.5, 0.6) is 0 Å². The van der Waals surface area contributed by atoms with Gasteiger partial charge in [-0.25, -0.2) is 8.78 Å². The number of amides is 1. The summed E-state index contributed by atoms with van der Waals surface area (Å²) in [6, 6.07) is 0. The Kier molecular flexibility index (Phi) is 6.47. The topological polar surface area (TPSA) is 91.2 Å². The molecule has 1 aliphatic carbocycles. The largest absolute Gasteiger partial charge is 0.392 e. The number of oxime groups is 1. The SMILES string of the molecule is O=C(CC1CC(C2CCC(F)=CC2F)=NO1)NCCCC(O)O. The summed E-state index contributed by atoms with van der Waals surface area (Å²) >= 11 is 0. The van der Waals surface area contributed by atoms with Crippen LogP contribution in [0.3, 0.4) is 0 Å². The van der Waals surface area contributed by atoms with Crippen LogP contribution in [0.1, 0.15) is 38.5 Å². The standard InChI is InChI=1S/C15H22F2N2O4/c16-9-3-4-11(12(17)6-9)13-7-10(23-19-13)8-14(20)18-5-1-2-15(21)22/h6,10-12,15,21-22H,1-5,7-8H2,(H,18,20). The maximum Gasteiger partial charge on any atom is 0.223 e. The van der Waals surface area contributed by atoms with Gasteiger partial charge in [0.15, 0.2) is 6.29 Å². The fraction of sp³-hybridized carbons (Fsp3) is 0.733. The minimum absolute atomic E-state index is 0.0998. The zero-order valence-electron chi connectivity index (χ0n) is 12.8. The van der Waals surface area contributed by atoms with Gasteiger partial charge in [-0.15, -0.1) is 0 Å². The van der Waals surface area contributed by atoms with E-state index in [4.69, 9.17) is 15.1 Å². The minimum Gasteiger partial charge on any atom is -0.392 e. The van der Waals surface area contributed by atoms with Gasteiger partial charge in [-0.3, -0.25) is 4.79 Å². The molecule has 0 radical (unpaired) electrons. The first-order chi connectivity index (χ1) is 11.0. The fourth-order valence-electron chi connectivity index (χ4n) is 2.75. The Morgan fingerprint density at radius 3 is 3.00 bits per heavy atom. The van der Waals surface area contributed by atoms with Crippen LogP contribution in [0.4, 0.5) is 8.78 Å². The summed E-state index contributed by atoms with van der Waals surface area (Å²) in [6.07, 6.45) is -0.556. The van der Waals surface area contributed by atoms with Crippen molar-refractivity contribution in [1.29, 1.82) is 0 Å². The number of hydrogen-bond donors (Lipinski definition) is 3. The van der Waals surface area contributed by atoms with E-state index in [0.717, 1.165) is 6.08 Å². The van der Waals surface area contributed by atoms with Crippen molar-refractivity contribution in [2.45, 2.75) is 57.1 Å². The molecular formula is C15H22F2N2O4. The number of nitrogens with zero attached hydrogens (tertiary/aromatic N) is 1. The molecule has 6 nitrogen and oxygen atoms in total. The molecule has 0 bridgehead atoms. The van der Waals surface area contributed by atoms with Crippen LogP contribution in [-0.2, 0) is 9.63 Å². The molecule has 23 heavy (non-hydrogen) atoms. The Morgan fingerprint density at radius 2 is 2.30 bits per heavy atom. The monoisotopic (exact) mass is 332 g/mol. The summed E-state index contributed by atoms with van der Waals surface area (Å²) in [5.41, 5.74) is 0.544. The smallest absolute Gasteiger partial charge is 0.223 e. The number of hydrogen-bond acceptors (Lipinski definition) is 5. The summed E-state index contributed by atoms with van der Waals surface area (Å²) in [4.78, 5) is 16.9. The molecule has 3 atom stereocenters. The third kappa shape index (κ3) is 5.54. The number of alkyl halides is 1. The average molecular weight is 332 g/mol.